The first-order valence-electron chi connectivity index (χ1n) is 9.61. The summed E-state index contributed by atoms with van der Waals surface area (Å²) >= 11 is 0. The summed E-state index contributed by atoms with van der Waals surface area (Å²) in [5.41, 5.74) is 1.09. The van der Waals surface area contributed by atoms with Crippen LogP contribution in [0.25, 0.3) is 0 Å². The fourth-order valence-corrected chi connectivity index (χ4v) is 3.37. The molecule has 1 aromatic carbocycles. The van der Waals surface area contributed by atoms with Crippen LogP contribution in [0.4, 0.5) is 0 Å². The largest absolute Gasteiger partial charge is 0.493 e. The van der Waals surface area contributed by atoms with Crippen molar-refractivity contribution in [3.05, 3.63) is 23.8 Å². The van der Waals surface area contributed by atoms with Crippen LogP contribution in [0.3, 0.4) is 0 Å². The zero-order valence-corrected chi connectivity index (χ0v) is 16.7. The third kappa shape index (κ3) is 6.09. The Labute approximate surface area is 158 Å². The molecule has 0 spiro atoms. The van der Waals surface area contributed by atoms with E-state index in [9.17, 15) is 0 Å². The molecule has 0 aromatic heterocycles. The molecular formula is C20H34N4O2. The summed E-state index contributed by atoms with van der Waals surface area (Å²) < 4.78 is 10.6. The lowest BCUT2D eigenvalue weighted by Crippen LogP contribution is -2.42. The first-order valence-corrected chi connectivity index (χ1v) is 9.61. The van der Waals surface area contributed by atoms with E-state index in [2.05, 4.69) is 34.5 Å². The Kier molecular flexibility index (Phi) is 8.54. The van der Waals surface area contributed by atoms with Gasteiger partial charge in [-0.25, -0.2) is 4.99 Å². The monoisotopic (exact) mass is 362 g/mol. The van der Waals surface area contributed by atoms with Crippen LogP contribution in [0.2, 0.25) is 0 Å². The third-order valence-electron chi connectivity index (χ3n) is 4.92. The molecule has 0 amide bonds. The van der Waals surface area contributed by atoms with Crippen molar-refractivity contribution in [2.24, 2.45) is 4.99 Å². The molecule has 1 fully saturated rings. The zero-order chi connectivity index (χ0) is 18.8. The molecule has 1 aliphatic rings. The van der Waals surface area contributed by atoms with E-state index in [4.69, 9.17) is 9.47 Å². The molecule has 146 valence electrons. The van der Waals surface area contributed by atoms with Gasteiger partial charge < -0.3 is 25.0 Å². The van der Waals surface area contributed by atoms with Gasteiger partial charge in [0.25, 0.3) is 0 Å². The predicted octanol–water partition coefficient (Wildman–Crippen LogP) is 2.63. The number of guanidine groups is 1. The van der Waals surface area contributed by atoms with Crippen LogP contribution in [-0.2, 0) is 6.54 Å². The van der Waals surface area contributed by atoms with E-state index in [1.54, 1.807) is 14.2 Å². The Morgan fingerprint density at radius 3 is 2.54 bits per heavy atom. The molecule has 0 radical (unpaired) electrons. The molecule has 2 rings (SSSR count). The lowest BCUT2D eigenvalue weighted by atomic mass is 10.2. The molecule has 0 heterocycles. The summed E-state index contributed by atoms with van der Waals surface area (Å²) in [6.07, 6.45) is 5.42. The molecule has 0 atom stereocenters. The van der Waals surface area contributed by atoms with Gasteiger partial charge in [-0.15, -0.1) is 0 Å². The summed E-state index contributed by atoms with van der Waals surface area (Å²) in [7, 11) is 5.52. The average molecular weight is 363 g/mol. The zero-order valence-electron chi connectivity index (χ0n) is 16.7. The number of benzene rings is 1. The number of hydrogen-bond acceptors (Lipinski definition) is 4. The van der Waals surface area contributed by atoms with Gasteiger partial charge in [-0.3, -0.25) is 0 Å². The Morgan fingerprint density at radius 1 is 1.15 bits per heavy atom. The highest BCUT2D eigenvalue weighted by atomic mass is 16.5. The van der Waals surface area contributed by atoms with Gasteiger partial charge in [0.1, 0.15) is 0 Å². The van der Waals surface area contributed by atoms with Gasteiger partial charge >= 0.3 is 0 Å². The molecule has 1 aliphatic carbocycles. The maximum atomic E-state index is 5.36. The van der Waals surface area contributed by atoms with E-state index in [0.717, 1.165) is 48.7 Å². The van der Waals surface area contributed by atoms with Gasteiger partial charge in [0.05, 0.1) is 20.8 Å². The van der Waals surface area contributed by atoms with Crippen molar-refractivity contribution in [3.63, 3.8) is 0 Å². The second kappa shape index (κ2) is 10.9. The van der Waals surface area contributed by atoms with Crippen molar-refractivity contribution in [1.82, 2.24) is 15.5 Å². The molecule has 1 saturated carbocycles. The highest BCUT2D eigenvalue weighted by Gasteiger charge is 2.18. The Balaban J connectivity index is 1.87. The summed E-state index contributed by atoms with van der Waals surface area (Å²) in [5, 5.41) is 6.75. The van der Waals surface area contributed by atoms with Crippen LogP contribution >= 0.6 is 0 Å². The van der Waals surface area contributed by atoms with Crippen molar-refractivity contribution >= 4 is 5.96 Å². The van der Waals surface area contributed by atoms with Crippen LogP contribution in [0.1, 0.15) is 38.2 Å². The number of likely N-dealkylation sites (N-methyl/N-ethyl adjacent to an activating group) is 1. The minimum absolute atomic E-state index is 0.591. The molecule has 2 N–H and O–H groups in total. The topological polar surface area (TPSA) is 58.1 Å². The Bertz CT molecular complexity index is 571. The van der Waals surface area contributed by atoms with Crippen molar-refractivity contribution in [2.45, 2.75) is 45.2 Å². The van der Waals surface area contributed by atoms with E-state index in [-0.39, 0.29) is 0 Å². The van der Waals surface area contributed by atoms with E-state index in [1.807, 2.05) is 18.2 Å². The van der Waals surface area contributed by atoms with Gasteiger partial charge in [0.2, 0.25) is 0 Å². The van der Waals surface area contributed by atoms with Crippen LogP contribution in [0.5, 0.6) is 11.5 Å². The lowest BCUT2D eigenvalue weighted by molar-refractivity contribution is 0.249. The van der Waals surface area contributed by atoms with Gasteiger partial charge in [0.15, 0.2) is 17.5 Å². The maximum Gasteiger partial charge on any atom is 0.191 e. The van der Waals surface area contributed by atoms with E-state index in [1.165, 1.54) is 25.7 Å². The Morgan fingerprint density at radius 2 is 1.88 bits per heavy atom. The number of nitrogens with zero attached hydrogens (tertiary/aromatic N) is 2. The molecular weight excluding hydrogens is 328 g/mol. The average Bonchev–Trinajstić information content (AvgIpc) is 3.20. The van der Waals surface area contributed by atoms with Gasteiger partial charge in [0, 0.05) is 25.7 Å². The third-order valence-corrected chi connectivity index (χ3v) is 4.92. The van der Waals surface area contributed by atoms with Crippen LogP contribution in [0, 0.1) is 0 Å². The summed E-state index contributed by atoms with van der Waals surface area (Å²) in [6.45, 7) is 5.44. The molecule has 0 bridgehead atoms. The maximum absolute atomic E-state index is 5.36. The van der Waals surface area contributed by atoms with Gasteiger partial charge in [-0.05, 0) is 44.5 Å². The number of ether oxygens (including phenoxy) is 2. The summed E-state index contributed by atoms with van der Waals surface area (Å²) in [4.78, 5) is 7.16. The normalized spacial score (nSPS) is 15.3. The van der Waals surface area contributed by atoms with Crippen molar-refractivity contribution in [2.75, 3.05) is 40.9 Å². The minimum atomic E-state index is 0.591. The molecule has 6 heteroatoms. The number of aliphatic imine (C=N–C) groups is 1. The lowest BCUT2D eigenvalue weighted by Gasteiger charge is -2.24. The standard InChI is InChI=1S/C20H34N4O2/c1-5-21-20(22-12-13-24(2)17-8-6-7-9-17)23-15-16-10-11-18(25-3)19(14-16)26-4/h10-11,14,17H,5-9,12-13,15H2,1-4H3,(H2,21,22,23). The molecule has 0 unspecified atom stereocenters. The van der Waals surface area contributed by atoms with Gasteiger partial charge in [-0.2, -0.15) is 0 Å². The minimum Gasteiger partial charge on any atom is -0.493 e. The number of methoxy groups -OCH3 is 2. The fraction of sp³-hybridized carbons (Fsp3) is 0.650. The van der Waals surface area contributed by atoms with Crippen molar-refractivity contribution < 1.29 is 9.47 Å². The van der Waals surface area contributed by atoms with Crippen LogP contribution in [0.15, 0.2) is 23.2 Å². The predicted molar refractivity (Wildman–Crippen MR) is 107 cm³/mol. The highest BCUT2D eigenvalue weighted by Crippen LogP contribution is 2.27. The second-order valence-electron chi connectivity index (χ2n) is 6.73. The Hall–Kier alpha value is -1.95. The summed E-state index contributed by atoms with van der Waals surface area (Å²) in [5.74, 6) is 2.32. The molecule has 0 aliphatic heterocycles. The van der Waals surface area contributed by atoms with Crippen molar-refractivity contribution in [1.29, 1.82) is 0 Å². The van der Waals surface area contributed by atoms with Crippen LogP contribution in [-0.4, -0.2) is 57.8 Å². The second-order valence-corrected chi connectivity index (χ2v) is 6.73. The highest BCUT2D eigenvalue weighted by molar-refractivity contribution is 5.79. The van der Waals surface area contributed by atoms with E-state index in [0.29, 0.717) is 6.54 Å². The SMILES string of the molecule is CCNC(=NCc1ccc(OC)c(OC)c1)NCCN(C)C1CCCC1. The number of rotatable bonds is 9. The molecule has 6 nitrogen and oxygen atoms in total. The van der Waals surface area contributed by atoms with Crippen LogP contribution < -0.4 is 20.1 Å². The van der Waals surface area contributed by atoms with E-state index < -0.39 is 0 Å². The summed E-state index contributed by atoms with van der Waals surface area (Å²) in [6, 6.07) is 6.66. The first-order chi connectivity index (χ1) is 12.7. The van der Waals surface area contributed by atoms with Crippen molar-refractivity contribution in [3.8, 4) is 11.5 Å². The smallest absolute Gasteiger partial charge is 0.191 e. The van der Waals surface area contributed by atoms with E-state index >= 15 is 0 Å². The molecule has 26 heavy (non-hydrogen) atoms. The van der Waals surface area contributed by atoms with Gasteiger partial charge in [-0.1, -0.05) is 18.9 Å². The quantitative estimate of drug-likeness (QED) is 0.522. The molecule has 0 saturated heterocycles. The molecule has 1 aromatic rings. The first kappa shape index (κ1) is 20.4. The number of nitrogens with one attached hydrogen (secondary N) is 2. The number of hydrogen-bond donors (Lipinski definition) is 2. The fourth-order valence-electron chi connectivity index (χ4n) is 3.37.